The Balaban J connectivity index is 2.07. The number of carbonyl (C=O) groups excluding carboxylic acids is 1. The second-order valence-electron chi connectivity index (χ2n) is 4.40. The number of amides is 1. The third kappa shape index (κ3) is 3.13. The van der Waals surface area contributed by atoms with Crippen molar-refractivity contribution in [2.75, 3.05) is 5.32 Å². The van der Waals surface area contributed by atoms with Crippen molar-refractivity contribution in [3.05, 3.63) is 47.3 Å². The first-order valence-corrected chi connectivity index (χ1v) is 6.25. The summed E-state index contributed by atoms with van der Waals surface area (Å²) in [5, 5.41) is 7.66. The van der Waals surface area contributed by atoms with E-state index >= 15 is 0 Å². The van der Waals surface area contributed by atoms with Crippen molar-refractivity contribution >= 4 is 11.6 Å². The first kappa shape index (κ1) is 13.1. The number of carbonyl (C=O) groups is 1. The van der Waals surface area contributed by atoms with E-state index in [0.29, 0.717) is 12.1 Å². The zero-order valence-electron chi connectivity index (χ0n) is 11.2. The number of nitrogens with one attached hydrogen (secondary N) is 1. The summed E-state index contributed by atoms with van der Waals surface area (Å²) in [6.45, 7) is 2.74. The number of primary amides is 1. The molecule has 1 amide bonds. The van der Waals surface area contributed by atoms with Gasteiger partial charge in [0.1, 0.15) is 0 Å². The number of hydrogen-bond donors (Lipinski definition) is 2. The molecule has 0 aliphatic carbocycles. The Morgan fingerprint density at radius 3 is 2.84 bits per heavy atom. The van der Waals surface area contributed by atoms with Gasteiger partial charge in [-0.2, -0.15) is 5.10 Å². The maximum Gasteiger partial charge on any atom is 0.248 e. The molecular weight excluding hydrogens is 240 g/mol. The zero-order valence-corrected chi connectivity index (χ0v) is 11.2. The lowest BCUT2D eigenvalue weighted by molar-refractivity contribution is 0.100. The lowest BCUT2D eigenvalue weighted by atomic mass is 10.2. The Labute approximate surface area is 112 Å². The van der Waals surface area contributed by atoms with Crippen molar-refractivity contribution in [1.82, 2.24) is 9.78 Å². The summed E-state index contributed by atoms with van der Waals surface area (Å²) in [4.78, 5) is 11.1. The largest absolute Gasteiger partial charge is 0.379 e. The molecule has 1 heterocycles. The number of nitrogens with two attached hydrogens (primary N) is 1. The Morgan fingerprint density at radius 1 is 1.42 bits per heavy atom. The highest BCUT2D eigenvalue weighted by atomic mass is 16.1. The summed E-state index contributed by atoms with van der Waals surface area (Å²) in [7, 11) is 1.93. The molecule has 3 N–H and O–H groups in total. The van der Waals surface area contributed by atoms with E-state index < -0.39 is 5.91 Å². The number of aryl methyl sites for hydroxylation is 2. The Morgan fingerprint density at radius 2 is 2.21 bits per heavy atom. The molecule has 1 aromatic heterocycles. The number of rotatable bonds is 5. The molecule has 0 atom stereocenters. The molecule has 100 valence electrons. The second-order valence-corrected chi connectivity index (χ2v) is 4.40. The predicted octanol–water partition coefficient (Wildman–Crippen LogP) is 1.69. The molecule has 0 spiro atoms. The fourth-order valence-electron chi connectivity index (χ4n) is 1.88. The molecule has 5 heteroatoms. The van der Waals surface area contributed by atoms with Gasteiger partial charge in [-0.25, -0.2) is 0 Å². The van der Waals surface area contributed by atoms with Gasteiger partial charge in [-0.1, -0.05) is 13.0 Å². The van der Waals surface area contributed by atoms with E-state index in [2.05, 4.69) is 23.4 Å². The average Bonchev–Trinajstić information content (AvgIpc) is 2.77. The SMILES string of the molecule is CCc1cc(CNc2cccc(C(N)=O)c2)n(C)n1. The van der Waals surface area contributed by atoms with Gasteiger partial charge in [0.05, 0.1) is 17.9 Å². The summed E-state index contributed by atoms with van der Waals surface area (Å²) < 4.78 is 1.86. The third-order valence-electron chi connectivity index (χ3n) is 3.01. The quantitative estimate of drug-likeness (QED) is 0.857. The highest BCUT2D eigenvalue weighted by Crippen LogP contribution is 2.12. The Bertz CT molecular complexity index is 589. The van der Waals surface area contributed by atoms with Crippen molar-refractivity contribution in [3.8, 4) is 0 Å². The molecule has 0 saturated heterocycles. The summed E-state index contributed by atoms with van der Waals surface area (Å²) in [6, 6.07) is 9.24. The summed E-state index contributed by atoms with van der Waals surface area (Å²) in [5.41, 5.74) is 8.80. The van der Waals surface area contributed by atoms with Crippen molar-refractivity contribution in [1.29, 1.82) is 0 Å². The van der Waals surface area contributed by atoms with Gasteiger partial charge in [0, 0.05) is 18.3 Å². The van der Waals surface area contributed by atoms with Crippen LogP contribution in [0, 0.1) is 0 Å². The van der Waals surface area contributed by atoms with Crippen LogP contribution >= 0.6 is 0 Å². The molecule has 0 fully saturated rings. The van der Waals surface area contributed by atoms with Crippen LogP contribution in [0.1, 0.15) is 28.7 Å². The number of nitrogens with zero attached hydrogens (tertiary/aromatic N) is 2. The van der Waals surface area contributed by atoms with E-state index in [1.54, 1.807) is 12.1 Å². The highest BCUT2D eigenvalue weighted by Gasteiger charge is 2.05. The normalized spacial score (nSPS) is 10.4. The molecule has 2 aromatic rings. The molecule has 5 nitrogen and oxygen atoms in total. The minimum Gasteiger partial charge on any atom is -0.379 e. The monoisotopic (exact) mass is 258 g/mol. The van der Waals surface area contributed by atoms with Crippen LogP contribution in [0.2, 0.25) is 0 Å². The van der Waals surface area contributed by atoms with E-state index in [0.717, 1.165) is 23.5 Å². The van der Waals surface area contributed by atoms with Crippen molar-refractivity contribution < 1.29 is 4.79 Å². The van der Waals surface area contributed by atoms with Crippen LogP contribution in [-0.2, 0) is 20.0 Å². The molecule has 0 aliphatic rings. The minimum absolute atomic E-state index is 0.419. The molecule has 2 rings (SSSR count). The van der Waals surface area contributed by atoms with Crippen molar-refractivity contribution in [2.24, 2.45) is 12.8 Å². The highest BCUT2D eigenvalue weighted by molar-refractivity contribution is 5.93. The number of hydrogen-bond acceptors (Lipinski definition) is 3. The molecular formula is C14H18N4O. The Hall–Kier alpha value is -2.30. The van der Waals surface area contributed by atoms with Gasteiger partial charge < -0.3 is 11.1 Å². The standard InChI is InChI=1S/C14H18N4O/c1-3-11-8-13(18(2)17-11)9-16-12-6-4-5-10(7-12)14(15)19/h4-8,16H,3,9H2,1-2H3,(H2,15,19). The maximum atomic E-state index is 11.1. The summed E-state index contributed by atoms with van der Waals surface area (Å²) in [5.74, 6) is -0.419. The number of anilines is 1. The first-order valence-electron chi connectivity index (χ1n) is 6.25. The van der Waals surface area contributed by atoms with Gasteiger partial charge in [0.25, 0.3) is 0 Å². The molecule has 0 unspecified atom stereocenters. The molecule has 0 bridgehead atoms. The van der Waals surface area contributed by atoms with Crippen LogP contribution in [0.3, 0.4) is 0 Å². The van der Waals surface area contributed by atoms with Gasteiger partial charge in [-0.05, 0) is 30.7 Å². The molecule has 0 saturated carbocycles. The fraction of sp³-hybridized carbons (Fsp3) is 0.286. The molecule has 0 radical (unpaired) electrons. The van der Waals surface area contributed by atoms with E-state index in [1.807, 2.05) is 23.9 Å². The van der Waals surface area contributed by atoms with Crippen LogP contribution in [0.5, 0.6) is 0 Å². The topological polar surface area (TPSA) is 72.9 Å². The minimum atomic E-state index is -0.419. The van der Waals surface area contributed by atoms with Crippen molar-refractivity contribution in [3.63, 3.8) is 0 Å². The summed E-state index contributed by atoms with van der Waals surface area (Å²) >= 11 is 0. The average molecular weight is 258 g/mol. The van der Waals surface area contributed by atoms with E-state index in [1.165, 1.54) is 0 Å². The molecule has 19 heavy (non-hydrogen) atoms. The summed E-state index contributed by atoms with van der Waals surface area (Å²) in [6.07, 6.45) is 0.922. The predicted molar refractivity (Wildman–Crippen MR) is 74.9 cm³/mol. The van der Waals surface area contributed by atoms with E-state index in [4.69, 9.17) is 5.73 Å². The van der Waals surface area contributed by atoms with E-state index in [9.17, 15) is 4.79 Å². The zero-order chi connectivity index (χ0) is 13.8. The number of benzene rings is 1. The van der Waals surface area contributed by atoms with Gasteiger partial charge in [0.2, 0.25) is 5.91 Å². The van der Waals surface area contributed by atoms with Gasteiger partial charge in [0.15, 0.2) is 0 Å². The van der Waals surface area contributed by atoms with E-state index in [-0.39, 0.29) is 0 Å². The Kier molecular flexibility index (Phi) is 3.85. The molecule has 1 aromatic carbocycles. The van der Waals surface area contributed by atoms with Crippen LogP contribution in [0.25, 0.3) is 0 Å². The third-order valence-corrected chi connectivity index (χ3v) is 3.01. The molecule has 0 aliphatic heterocycles. The fourth-order valence-corrected chi connectivity index (χ4v) is 1.88. The van der Waals surface area contributed by atoms with Gasteiger partial charge in [-0.3, -0.25) is 9.48 Å². The van der Waals surface area contributed by atoms with Crippen LogP contribution in [0.4, 0.5) is 5.69 Å². The first-order chi connectivity index (χ1) is 9.10. The van der Waals surface area contributed by atoms with Crippen LogP contribution in [0.15, 0.2) is 30.3 Å². The number of aromatic nitrogens is 2. The smallest absolute Gasteiger partial charge is 0.248 e. The van der Waals surface area contributed by atoms with Gasteiger partial charge in [-0.15, -0.1) is 0 Å². The van der Waals surface area contributed by atoms with Gasteiger partial charge >= 0.3 is 0 Å². The maximum absolute atomic E-state index is 11.1. The lowest BCUT2D eigenvalue weighted by Crippen LogP contribution is -2.11. The van der Waals surface area contributed by atoms with Crippen LogP contribution in [-0.4, -0.2) is 15.7 Å². The van der Waals surface area contributed by atoms with Crippen LogP contribution < -0.4 is 11.1 Å². The second kappa shape index (κ2) is 5.56. The van der Waals surface area contributed by atoms with Crippen molar-refractivity contribution in [2.45, 2.75) is 19.9 Å². The lowest BCUT2D eigenvalue weighted by Gasteiger charge is -2.07.